The molecule has 2 aromatic carbocycles. The molecular weight excluding hydrogens is 500 g/mol. The minimum absolute atomic E-state index is 0.0934. The number of carbonyl (C=O) groups is 1. The van der Waals surface area contributed by atoms with Gasteiger partial charge in [-0.2, -0.15) is 13.2 Å². The smallest absolute Gasteiger partial charge is 0.346 e. The van der Waals surface area contributed by atoms with Crippen LogP contribution in [0.4, 0.5) is 34.8 Å². The van der Waals surface area contributed by atoms with Crippen molar-refractivity contribution in [1.82, 2.24) is 10.3 Å². The fourth-order valence-electron chi connectivity index (χ4n) is 3.11. The molecule has 0 unspecified atom stereocenters. The SMILES string of the molecule is C[C@@H](NC(=O)C=Cc1ccc(C(F)(F)F)nc1Nc1ccccc1)c1ccc(NS(C)(=O)=O)c(F)c1. The number of hydrogen-bond acceptors (Lipinski definition) is 5. The molecule has 7 nitrogen and oxygen atoms in total. The van der Waals surface area contributed by atoms with E-state index in [2.05, 4.69) is 15.6 Å². The van der Waals surface area contributed by atoms with Crippen LogP contribution in [0.5, 0.6) is 0 Å². The van der Waals surface area contributed by atoms with Crippen LogP contribution in [0.3, 0.4) is 0 Å². The molecule has 36 heavy (non-hydrogen) atoms. The van der Waals surface area contributed by atoms with Crippen LogP contribution in [-0.4, -0.2) is 25.6 Å². The maximum absolute atomic E-state index is 14.2. The van der Waals surface area contributed by atoms with E-state index in [9.17, 15) is 30.8 Å². The van der Waals surface area contributed by atoms with Gasteiger partial charge in [0.25, 0.3) is 0 Å². The Morgan fingerprint density at radius 2 is 1.75 bits per heavy atom. The van der Waals surface area contributed by atoms with Crippen molar-refractivity contribution in [3.63, 3.8) is 0 Å². The van der Waals surface area contributed by atoms with Gasteiger partial charge in [-0.1, -0.05) is 24.3 Å². The Bertz CT molecular complexity index is 1380. The molecule has 0 saturated heterocycles. The lowest BCUT2D eigenvalue weighted by Crippen LogP contribution is -2.24. The topological polar surface area (TPSA) is 100 Å². The molecule has 12 heteroatoms. The van der Waals surface area contributed by atoms with Gasteiger partial charge in [0.2, 0.25) is 15.9 Å². The predicted molar refractivity (Wildman–Crippen MR) is 129 cm³/mol. The van der Waals surface area contributed by atoms with Crippen molar-refractivity contribution in [2.75, 3.05) is 16.3 Å². The van der Waals surface area contributed by atoms with Crippen LogP contribution in [0.1, 0.15) is 29.8 Å². The summed E-state index contributed by atoms with van der Waals surface area (Å²) in [5, 5.41) is 5.43. The van der Waals surface area contributed by atoms with Crippen molar-refractivity contribution in [3.05, 3.63) is 89.4 Å². The van der Waals surface area contributed by atoms with Gasteiger partial charge in [0.1, 0.15) is 17.3 Å². The number of amides is 1. The Morgan fingerprint density at radius 1 is 1.06 bits per heavy atom. The Morgan fingerprint density at radius 3 is 2.36 bits per heavy atom. The van der Waals surface area contributed by atoms with Crippen LogP contribution < -0.4 is 15.4 Å². The molecule has 1 aromatic heterocycles. The minimum atomic E-state index is -4.65. The summed E-state index contributed by atoms with van der Waals surface area (Å²) in [5.74, 6) is -1.50. The zero-order valence-electron chi connectivity index (χ0n) is 19.1. The number of carbonyl (C=O) groups excluding carboxylic acids is 1. The van der Waals surface area contributed by atoms with Crippen LogP contribution in [0, 0.1) is 5.82 Å². The third-order valence-corrected chi connectivity index (χ3v) is 5.41. The number of pyridine rings is 1. The number of nitrogens with zero attached hydrogens (tertiary/aromatic N) is 1. The molecule has 1 atom stereocenters. The van der Waals surface area contributed by atoms with Gasteiger partial charge in [0.05, 0.1) is 18.0 Å². The number of hydrogen-bond donors (Lipinski definition) is 3. The highest BCUT2D eigenvalue weighted by Gasteiger charge is 2.33. The standard InChI is InChI=1S/C24H22F4N4O3S/c1-15(17-8-11-20(19(25)14-17)32-36(2,34)35)29-22(33)13-10-16-9-12-21(24(26,27)28)31-23(16)30-18-6-4-3-5-7-18/h3-15,32H,1-2H3,(H,29,33)(H,30,31)/t15-/m1/s1. The van der Waals surface area contributed by atoms with Gasteiger partial charge in [-0.15, -0.1) is 0 Å². The van der Waals surface area contributed by atoms with E-state index in [0.717, 1.165) is 24.5 Å². The lowest BCUT2D eigenvalue weighted by molar-refractivity contribution is -0.141. The summed E-state index contributed by atoms with van der Waals surface area (Å²) in [7, 11) is -3.66. The number of alkyl halides is 3. The molecule has 0 aliphatic carbocycles. The number of aromatic nitrogens is 1. The van der Waals surface area contributed by atoms with Crippen LogP contribution in [0.2, 0.25) is 0 Å². The molecular formula is C24H22F4N4O3S. The van der Waals surface area contributed by atoms with Gasteiger partial charge >= 0.3 is 6.18 Å². The molecule has 3 rings (SSSR count). The number of halogens is 4. The molecule has 1 amide bonds. The van der Waals surface area contributed by atoms with Gasteiger partial charge in [0.15, 0.2) is 0 Å². The normalized spacial score (nSPS) is 12.8. The predicted octanol–water partition coefficient (Wildman–Crippen LogP) is 5.25. The molecule has 0 spiro atoms. The zero-order valence-corrected chi connectivity index (χ0v) is 19.9. The van der Waals surface area contributed by atoms with Crippen molar-refractivity contribution >= 4 is 39.2 Å². The van der Waals surface area contributed by atoms with E-state index in [1.807, 2.05) is 4.72 Å². The van der Waals surface area contributed by atoms with E-state index < -0.39 is 39.7 Å². The van der Waals surface area contributed by atoms with Crippen LogP contribution >= 0.6 is 0 Å². The van der Waals surface area contributed by atoms with Crippen molar-refractivity contribution in [2.45, 2.75) is 19.1 Å². The summed E-state index contributed by atoms with van der Waals surface area (Å²) in [6.45, 7) is 1.59. The first-order valence-electron chi connectivity index (χ1n) is 10.5. The molecule has 0 saturated carbocycles. The molecule has 0 aliphatic heterocycles. The maximum Gasteiger partial charge on any atom is 0.433 e. The summed E-state index contributed by atoms with van der Waals surface area (Å²) in [4.78, 5) is 16.1. The molecule has 190 valence electrons. The maximum atomic E-state index is 14.2. The highest BCUT2D eigenvalue weighted by Crippen LogP contribution is 2.31. The lowest BCUT2D eigenvalue weighted by atomic mass is 10.1. The van der Waals surface area contributed by atoms with Crippen molar-refractivity contribution in [2.24, 2.45) is 0 Å². The number of para-hydroxylation sites is 1. The van der Waals surface area contributed by atoms with E-state index >= 15 is 0 Å². The second kappa shape index (κ2) is 10.8. The van der Waals surface area contributed by atoms with Crippen LogP contribution in [0.25, 0.3) is 6.08 Å². The number of rotatable bonds is 8. The van der Waals surface area contributed by atoms with E-state index in [-0.39, 0.29) is 17.1 Å². The lowest BCUT2D eigenvalue weighted by Gasteiger charge is -2.15. The van der Waals surface area contributed by atoms with Gasteiger partial charge in [0, 0.05) is 17.3 Å². The second-order valence-corrected chi connectivity index (χ2v) is 9.55. The second-order valence-electron chi connectivity index (χ2n) is 7.80. The first-order chi connectivity index (χ1) is 16.8. The summed E-state index contributed by atoms with van der Waals surface area (Å²) in [5.41, 5.74) is -0.208. The number of benzene rings is 2. The largest absolute Gasteiger partial charge is 0.433 e. The summed E-state index contributed by atoms with van der Waals surface area (Å²) >= 11 is 0. The minimum Gasteiger partial charge on any atom is -0.346 e. The van der Waals surface area contributed by atoms with E-state index in [1.165, 1.54) is 24.3 Å². The average Bonchev–Trinajstić information content (AvgIpc) is 2.78. The van der Waals surface area contributed by atoms with Gasteiger partial charge in [-0.25, -0.2) is 17.8 Å². The molecule has 0 radical (unpaired) electrons. The van der Waals surface area contributed by atoms with Crippen LogP contribution in [-0.2, 0) is 21.0 Å². The molecule has 3 N–H and O–H groups in total. The zero-order chi connectivity index (χ0) is 26.5. The van der Waals surface area contributed by atoms with Gasteiger partial charge in [-0.3, -0.25) is 9.52 Å². The van der Waals surface area contributed by atoms with E-state index in [4.69, 9.17) is 0 Å². The quantitative estimate of drug-likeness (QED) is 0.277. The number of nitrogens with one attached hydrogen (secondary N) is 3. The Kier molecular flexibility index (Phi) is 7.98. The summed E-state index contributed by atoms with van der Waals surface area (Å²) < 4.78 is 78.3. The number of anilines is 3. The molecule has 0 bridgehead atoms. The van der Waals surface area contributed by atoms with E-state index in [0.29, 0.717) is 11.3 Å². The highest BCUT2D eigenvalue weighted by atomic mass is 32.2. The Hall–Kier alpha value is -3.93. The highest BCUT2D eigenvalue weighted by molar-refractivity contribution is 7.92. The van der Waals surface area contributed by atoms with E-state index in [1.54, 1.807) is 37.3 Å². The third kappa shape index (κ3) is 7.54. The molecule has 1 heterocycles. The van der Waals surface area contributed by atoms with Crippen molar-refractivity contribution in [3.8, 4) is 0 Å². The molecule has 0 aliphatic rings. The number of sulfonamides is 1. The fourth-order valence-corrected chi connectivity index (χ4v) is 3.68. The Labute approximate surface area is 205 Å². The van der Waals surface area contributed by atoms with Gasteiger partial charge in [-0.05, 0) is 55.0 Å². The first-order valence-corrected chi connectivity index (χ1v) is 12.4. The molecule has 0 fully saturated rings. The van der Waals surface area contributed by atoms with Crippen molar-refractivity contribution in [1.29, 1.82) is 0 Å². The summed E-state index contributed by atoms with van der Waals surface area (Å²) in [6, 6.07) is 13.6. The Balaban J connectivity index is 1.76. The third-order valence-electron chi connectivity index (χ3n) is 4.81. The fraction of sp³-hybridized carbons (Fsp3) is 0.167. The first kappa shape index (κ1) is 26.7. The monoisotopic (exact) mass is 522 g/mol. The van der Waals surface area contributed by atoms with Gasteiger partial charge < -0.3 is 10.6 Å². The van der Waals surface area contributed by atoms with Crippen LogP contribution in [0.15, 0.2) is 66.7 Å². The molecule has 3 aromatic rings. The average molecular weight is 523 g/mol. The van der Waals surface area contributed by atoms with Crippen molar-refractivity contribution < 1.29 is 30.8 Å². The summed E-state index contributed by atoms with van der Waals surface area (Å²) in [6.07, 6.45) is -1.33.